The van der Waals surface area contributed by atoms with Gasteiger partial charge in [-0.1, -0.05) is 32.6 Å². The molecule has 0 radical (unpaired) electrons. The standard InChI is InChI=1S/C27H36F6O3/c1-2-3-16-4-6-18(7-5-16)21-14-34-25(35-15-21)19-10-8-17(9-11-19)20-12-22(28)24(23(29)13-20)36-27(32,33)26(30)31/h12-13,16-19,21,25-26H,2-11,14-15H2,1H3. The van der Waals surface area contributed by atoms with E-state index in [0.717, 1.165) is 30.9 Å². The first-order valence-electron chi connectivity index (χ1n) is 13.2. The Balaban J connectivity index is 1.25. The van der Waals surface area contributed by atoms with Gasteiger partial charge in [0, 0.05) is 11.8 Å². The molecule has 0 bridgehead atoms. The van der Waals surface area contributed by atoms with Crippen molar-refractivity contribution >= 4 is 0 Å². The minimum atomic E-state index is -4.98. The summed E-state index contributed by atoms with van der Waals surface area (Å²) < 4.78 is 95.4. The highest BCUT2D eigenvalue weighted by atomic mass is 19.3. The molecule has 3 aliphatic rings. The lowest BCUT2D eigenvalue weighted by Gasteiger charge is -2.41. The van der Waals surface area contributed by atoms with Crippen molar-refractivity contribution in [3.05, 3.63) is 29.3 Å². The molecule has 2 saturated carbocycles. The van der Waals surface area contributed by atoms with Crippen LogP contribution in [0.4, 0.5) is 26.3 Å². The molecule has 9 heteroatoms. The SMILES string of the molecule is CCCC1CCC(C2COC(C3CCC(c4cc(F)c(OC(F)(F)C(F)F)c(F)c4)CC3)OC2)CC1. The summed E-state index contributed by atoms with van der Waals surface area (Å²) in [5.41, 5.74) is 0.306. The molecule has 0 spiro atoms. The first kappa shape index (κ1) is 27.6. The molecular weight excluding hydrogens is 486 g/mol. The molecule has 1 heterocycles. The maximum atomic E-state index is 14.3. The summed E-state index contributed by atoms with van der Waals surface area (Å²) in [7, 11) is 0. The Bertz CT molecular complexity index is 819. The van der Waals surface area contributed by atoms with Crippen LogP contribution in [0.3, 0.4) is 0 Å². The van der Waals surface area contributed by atoms with Gasteiger partial charge in [0.1, 0.15) is 0 Å². The van der Waals surface area contributed by atoms with Gasteiger partial charge in [-0.15, -0.1) is 0 Å². The largest absolute Gasteiger partial charge is 0.461 e. The van der Waals surface area contributed by atoms with Crippen LogP contribution in [0.15, 0.2) is 12.1 Å². The topological polar surface area (TPSA) is 27.7 Å². The normalized spacial score (nSPS) is 32.0. The van der Waals surface area contributed by atoms with Crippen molar-refractivity contribution in [2.45, 2.75) is 95.9 Å². The van der Waals surface area contributed by atoms with Gasteiger partial charge in [-0.05, 0) is 74.0 Å². The lowest BCUT2D eigenvalue weighted by molar-refractivity contribution is -0.255. The summed E-state index contributed by atoms with van der Waals surface area (Å²) in [5, 5.41) is 0. The third kappa shape index (κ3) is 6.50. The van der Waals surface area contributed by atoms with Gasteiger partial charge in [0.2, 0.25) is 0 Å². The van der Waals surface area contributed by atoms with Gasteiger partial charge in [-0.2, -0.15) is 17.6 Å². The zero-order valence-corrected chi connectivity index (χ0v) is 20.7. The second-order valence-corrected chi connectivity index (χ2v) is 10.8. The van der Waals surface area contributed by atoms with E-state index < -0.39 is 29.9 Å². The summed E-state index contributed by atoms with van der Waals surface area (Å²) >= 11 is 0. The van der Waals surface area contributed by atoms with Crippen molar-refractivity contribution in [3.8, 4) is 5.75 Å². The van der Waals surface area contributed by atoms with E-state index in [2.05, 4.69) is 11.7 Å². The van der Waals surface area contributed by atoms with Crippen LogP contribution < -0.4 is 4.74 Å². The van der Waals surface area contributed by atoms with E-state index in [-0.39, 0.29) is 18.1 Å². The van der Waals surface area contributed by atoms with E-state index in [0.29, 0.717) is 43.5 Å². The lowest BCUT2D eigenvalue weighted by atomic mass is 9.74. The molecule has 2 aliphatic carbocycles. The number of hydrogen-bond donors (Lipinski definition) is 0. The summed E-state index contributed by atoms with van der Waals surface area (Å²) in [5.74, 6) is -2.35. The summed E-state index contributed by atoms with van der Waals surface area (Å²) in [4.78, 5) is 0. The van der Waals surface area contributed by atoms with Crippen LogP contribution >= 0.6 is 0 Å². The Morgan fingerprint density at radius 2 is 1.42 bits per heavy atom. The molecule has 36 heavy (non-hydrogen) atoms. The van der Waals surface area contributed by atoms with Crippen molar-refractivity contribution in [3.63, 3.8) is 0 Å². The Hall–Kier alpha value is -1.48. The fourth-order valence-electron chi connectivity index (χ4n) is 6.25. The van der Waals surface area contributed by atoms with Gasteiger partial charge in [0.15, 0.2) is 23.7 Å². The molecular formula is C27H36F6O3. The highest BCUT2D eigenvalue weighted by Crippen LogP contribution is 2.42. The molecule has 0 N–H and O–H groups in total. The molecule has 1 aliphatic heterocycles. The molecule has 0 aromatic heterocycles. The number of halogens is 6. The molecule has 1 aromatic rings. The number of rotatable bonds is 8. The third-order valence-corrected chi connectivity index (χ3v) is 8.35. The van der Waals surface area contributed by atoms with E-state index in [1.165, 1.54) is 38.5 Å². The molecule has 1 saturated heterocycles. The minimum Gasteiger partial charge on any atom is -0.422 e. The predicted octanol–water partition coefficient (Wildman–Crippen LogP) is 8.07. The molecule has 3 nitrogen and oxygen atoms in total. The molecule has 204 valence electrons. The maximum absolute atomic E-state index is 14.3. The molecule has 0 unspecified atom stereocenters. The Morgan fingerprint density at radius 1 is 0.861 bits per heavy atom. The highest BCUT2D eigenvalue weighted by Gasteiger charge is 2.45. The minimum absolute atomic E-state index is 0.176. The predicted molar refractivity (Wildman–Crippen MR) is 122 cm³/mol. The van der Waals surface area contributed by atoms with E-state index in [9.17, 15) is 26.3 Å². The zero-order valence-electron chi connectivity index (χ0n) is 20.7. The van der Waals surface area contributed by atoms with Crippen LogP contribution in [0.25, 0.3) is 0 Å². The average Bonchev–Trinajstić information content (AvgIpc) is 2.87. The smallest absolute Gasteiger partial charge is 0.422 e. The Kier molecular flexibility index (Phi) is 9.13. The van der Waals surface area contributed by atoms with Gasteiger partial charge in [-0.25, -0.2) is 8.78 Å². The molecule has 3 fully saturated rings. The van der Waals surface area contributed by atoms with Crippen molar-refractivity contribution in [2.75, 3.05) is 13.2 Å². The lowest BCUT2D eigenvalue weighted by Crippen LogP contribution is -2.41. The van der Waals surface area contributed by atoms with Gasteiger partial charge >= 0.3 is 12.5 Å². The van der Waals surface area contributed by atoms with Gasteiger partial charge in [0.05, 0.1) is 13.2 Å². The molecule has 4 rings (SSSR count). The van der Waals surface area contributed by atoms with Crippen LogP contribution in [0.2, 0.25) is 0 Å². The van der Waals surface area contributed by atoms with E-state index in [1.54, 1.807) is 0 Å². The molecule has 1 aromatic carbocycles. The highest BCUT2D eigenvalue weighted by molar-refractivity contribution is 5.33. The fourth-order valence-corrected chi connectivity index (χ4v) is 6.25. The van der Waals surface area contributed by atoms with Crippen LogP contribution in [-0.4, -0.2) is 32.0 Å². The van der Waals surface area contributed by atoms with E-state index >= 15 is 0 Å². The maximum Gasteiger partial charge on any atom is 0.461 e. The summed E-state index contributed by atoms with van der Waals surface area (Å²) in [6.07, 6.45) is 0.941. The quantitative estimate of drug-likeness (QED) is 0.323. The van der Waals surface area contributed by atoms with Gasteiger partial charge in [0.25, 0.3) is 0 Å². The van der Waals surface area contributed by atoms with Crippen LogP contribution in [0.5, 0.6) is 5.75 Å². The Morgan fingerprint density at radius 3 is 1.94 bits per heavy atom. The Labute approximate surface area is 208 Å². The summed E-state index contributed by atoms with van der Waals surface area (Å²) in [6, 6.07) is 1.80. The fraction of sp³-hybridized carbons (Fsp3) is 0.778. The average molecular weight is 523 g/mol. The van der Waals surface area contributed by atoms with E-state index in [4.69, 9.17) is 9.47 Å². The molecule has 0 atom stereocenters. The van der Waals surface area contributed by atoms with Crippen molar-refractivity contribution in [1.82, 2.24) is 0 Å². The van der Waals surface area contributed by atoms with Crippen LogP contribution in [0.1, 0.15) is 82.6 Å². The number of alkyl halides is 4. The van der Waals surface area contributed by atoms with Crippen molar-refractivity contribution in [1.29, 1.82) is 0 Å². The number of hydrogen-bond acceptors (Lipinski definition) is 3. The van der Waals surface area contributed by atoms with Crippen LogP contribution in [-0.2, 0) is 9.47 Å². The van der Waals surface area contributed by atoms with Crippen molar-refractivity contribution < 1.29 is 40.6 Å². The van der Waals surface area contributed by atoms with E-state index in [1.807, 2.05) is 0 Å². The zero-order chi connectivity index (χ0) is 25.9. The first-order chi connectivity index (χ1) is 17.2. The summed E-state index contributed by atoms with van der Waals surface area (Å²) in [6.45, 7) is 3.65. The first-order valence-corrected chi connectivity index (χ1v) is 13.2. The number of benzene rings is 1. The third-order valence-electron chi connectivity index (χ3n) is 8.35. The van der Waals surface area contributed by atoms with Crippen molar-refractivity contribution in [2.24, 2.45) is 23.7 Å². The number of ether oxygens (including phenoxy) is 3. The van der Waals surface area contributed by atoms with Gasteiger partial charge < -0.3 is 14.2 Å². The van der Waals surface area contributed by atoms with Crippen LogP contribution in [0, 0.1) is 35.3 Å². The monoisotopic (exact) mass is 522 g/mol. The second kappa shape index (κ2) is 11.9. The molecule has 0 amide bonds. The van der Waals surface area contributed by atoms with Gasteiger partial charge in [-0.3, -0.25) is 0 Å². The second-order valence-electron chi connectivity index (χ2n) is 10.8.